The summed E-state index contributed by atoms with van der Waals surface area (Å²) < 4.78 is 67.6. The molecule has 6 heteroatoms. The number of halogens is 4. The lowest BCUT2D eigenvalue weighted by molar-refractivity contribution is 0.124. The van der Waals surface area contributed by atoms with Gasteiger partial charge in [-0.1, -0.05) is 25.8 Å². The average Bonchev–Trinajstić information content (AvgIpc) is 2.85. The van der Waals surface area contributed by atoms with Gasteiger partial charge in [-0.3, -0.25) is 0 Å². The van der Waals surface area contributed by atoms with Crippen molar-refractivity contribution in [3.8, 4) is 22.6 Å². The smallest absolute Gasteiger partial charge is 0.267 e. The van der Waals surface area contributed by atoms with Gasteiger partial charge >= 0.3 is 0 Å². The molecule has 2 aromatic rings. The fourth-order valence-corrected chi connectivity index (χ4v) is 5.88. The number of alkyl halides is 2. The summed E-state index contributed by atoms with van der Waals surface area (Å²) in [7, 11) is 0. The van der Waals surface area contributed by atoms with Crippen LogP contribution in [0.2, 0.25) is 0 Å². The Kier molecular flexibility index (Phi) is 8.61. The molecule has 0 bridgehead atoms. The number of benzene rings is 2. The fourth-order valence-electron chi connectivity index (χ4n) is 5.88. The molecule has 2 aliphatic carbocycles. The van der Waals surface area contributed by atoms with E-state index in [1.807, 2.05) is 0 Å². The quantitative estimate of drug-likeness (QED) is 0.342. The summed E-state index contributed by atoms with van der Waals surface area (Å²) >= 11 is 0. The normalized spacial score (nSPS) is 25.0. The van der Waals surface area contributed by atoms with Crippen molar-refractivity contribution >= 4 is 0 Å². The second kappa shape index (κ2) is 11.7. The van der Waals surface area contributed by atoms with Crippen LogP contribution in [0.1, 0.15) is 77.2 Å². The van der Waals surface area contributed by atoms with E-state index in [1.54, 1.807) is 6.92 Å². The molecule has 0 spiro atoms. The Morgan fingerprint density at radius 1 is 0.829 bits per heavy atom. The van der Waals surface area contributed by atoms with Gasteiger partial charge < -0.3 is 9.47 Å². The zero-order valence-corrected chi connectivity index (χ0v) is 20.7. The lowest BCUT2D eigenvalue weighted by Crippen LogP contribution is -2.27. The van der Waals surface area contributed by atoms with Crippen molar-refractivity contribution < 1.29 is 27.0 Å². The first-order valence-electron chi connectivity index (χ1n) is 13.0. The summed E-state index contributed by atoms with van der Waals surface area (Å²) in [5.74, 6) is 1.06. The summed E-state index contributed by atoms with van der Waals surface area (Å²) in [6.07, 6.45) is 6.99. The minimum atomic E-state index is -3.06. The maximum absolute atomic E-state index is 14.8. The lowest BCUT2D eigenvalue weighted by Gasteiger charge is -2.37. The zero-order chi connectivity index (χ0) is 24.9. The van der Waals surface area contributed by atoms with Gasteiger partial charge in [-0.2, -0.15) is 0 Å². The van der Waals surface area contributed by atoms with Gasteiger partial charge in [0, 0.05) is 0 Å². The highest BCUT2D eigenvalue weighted by atomic mass is 19.3. The van der Waals surface area contributed by atoms with Crippen LogP contribution in [-0.2, 0) is 0 Å². The van der Waals surface area contributed by atoms with E-state index < -0.39 is 23.6 Å². The van der Waals surface area contributed by atoms with Crippen LogP contribution in [0.3, 0.4) is 0 Å². The van der Waals surface area contributed by atoms with Crippen LogP contribution in [0.25, 0.3) is 11.1 Å². The Balaban J connectivity index is 1.37. The van der Waals surface area contributed by atoms with Crippen LogP contribution in [0, 0.1) is 35.3 Å². The van der Waals surface area contributed by atoms with Crippen molar-refractivity contribution in [2.75, 3.05) is 13.2 Å². The molecule has 2 saturated carbocycles. The summed E-state index contributed by atoms with van der Waals surface area (Å²) in [6, 6.07) is 6.73. The number of hydrogen-bond acceptors (Lipinski definition) is 2. The molecule has 0 saturated heterocycles. The first-order chi connectivity index (χ1) is 16.9. The molecule has 0 amide bonds. The van der Waals surface area contributed by atoms with Gasteiger partial charge in [-0.05, 0) is 105 Å². The molecular formula is C29H36F4O2. The molecule has 0 atom stereocenters. The van der Waals surface area contributed by atoms with Crippen LogP contribution >= 0.6 is 0 Å². The largest absolute Gasteiger partial charge is 0.491 e. The van der Waals surface area contributed by atoms with Crippen LogP contribution in [0.5, 0.6) is 11.5 Å². The molecule has 0 aromatic heterocycles. The molecule has 0 N–H and O–H groups in total. The molecular weight excluding hydrogens is 456 g/mol. The highest BCUT2D eigenvalue weighted by Gasteiger charge is 2.30. The Bertz CT molecular complexity index is 977. The minimum absolute atomic E-state index is 0.0539. The number of ether oxygens (including phenoxy) is 2. The Morgan fingerprint density at radius 2 is 1.46 bits per heavy atom. The zero-order valence-electron chi connectivity index (χ0n) is 20.7. The Morgan fingerprint density at radius 3 is 2.06 bits per heavy atom. The van der Waals surface area contributed by atoms with Gasteiger partial charge in [-0.15, -0.1) is 0 Å². The van der Waals surface area contributed by atoms with Crippen molar-refractivity contribution in [2.45, 2.75) is 71.6 Å². The number of rotatable bonds is 8. The van der Waals surface area contributed by atoms with Crippen molar-refractivity contribution in [1.29, 1.82) is 0 Å². The molecule has 2 aromatic carbocycles. The fraction of sp³-hybridized carbons (Fsp3) is 0.586. The number of hydrogen-bond donors (Lipinski definition) is 0. The van der Waals surface area contributed by atoms with Crippen molar-refractivity contribution in [3.05, 3.63) is 47.5 Å². The lowest BCUT2D eigenvalue weighted by atomic mass is 9.69. The molecule has 2 aliphatic rings. The van der Waals surface area contributed by atoms with Gasteiger partial charge in [-0.25, -0.2) is 17.6 Å². The van der Waals surface area contributed by atoms with E-state index in [2.05, 4.69) is 6.92 Å². The predicted octanol–water partition coefficient (Wildman–Crippen LogP) is 8.98. The first kappa shape index (κ1) is 25.8. The Labute approximate surface area is 206 Å². The van der Waals surface area contributed by atoms with E-state index in [4.69, 9.17) is 9.47 Å². The van der Waals surface area contributed by atoms with Crippen molar-refractivity contribution in [3.63, 3.8) is 0 Å². The second-order valence-electron chi connectivity index (χ2n) is 10.3. The molecule has 0 heterocycles. The average molecular weight is 493 g/mol. The minimum Gasteiger partial charge on any atom is -0.491 e. The highest BCUT2D eigenvalue weighted by molar-refractivity contribution is 5.70. The highest BCUT2D eigenvalue weighted by Crippen LogP contribution is 2.42. The van der Waals surface area contributed by atoms with Crippen LogP contribution in [0.4, 0.5) is 17.6 Å². The van der Waals surface area contributed by atoms with E-state index >= 15 is 0 Å². The standard InChI is InChI=1S/C29H36F4O2/c1-3-34-26-15-13-23(27(28(26)31)29(32)33)22-12-14-25(24(30)16-22)35-17-19-6-10-21(11-7-19)20-8-4-18(2)5-9-20/h12-16,18-21,29H,3-11,17H2,1-2H3. The molecule has 0 unspecified atom stereocenters. The van der Waals surface area contributed by atoms with Gasteiger partial charge in [0.25, 0.3) is 6.43 Å². The second-order valence-corrected chi connectivity index (χ2v) is 10.3. The van der Waals surface area contributed by atoms with Gasteiger partial charge in [0.2, 0.25) is 0 Å². The first-order valence-corrected chi connectivity index (χ1v) is 13.0. The van der Waals surface area contributed by atoms with Gasteiger partial charge in [0.15, 0.2) is 23.1 Å². The SMILES string of the molecule is CCOc1ccc(-c2ccc(OCC3CCC(C4CCC(C)CC4)CC3)c(F)c2)c(C(F)F)c1F. The van der Waals surface area contributed by atoms with Gasteiger partial charge in [0.05, 0.1) is 18.8 Å². The predicted molar refractivity (Wildman–Crippen MR) is 130 cm³/mol. The van der Waals surface area contributed by atoms with E-state index in [-0.39, 0.29) is 29.2 Å². The molecule has 2 nitrogen and oxygen atoms in total. The third kappa shape index (κ3) is 6.13. The summed E-state index contributed by atoms with van der Waals surface area (Å²) in [4.78, 5) is 0. The third-order valence-electron chi connectivity index (χ3n) is 8.00. The molecule has 0 aliphatic heterocycles. The van der Waals surface area contributed by atoms with Crippen LogP contribution in [0.15, 0.2) is 30.3 Å². The van der Waals surface area contributed by atoms with Crippen molar-refractivity contribution in [2.24, 2.45) is 23.7 Å². The maximum atomic E-state index is 14.8. The molecule has 0 radical (unpaired) electrons. The van der Waals surface area contributed by atoms with Gasteiger partial charge in [0.1, 0.15) is 0 Å². The van der Waals surface area contributed by atoms with E-state index in [0.29, 0.717) is 12.5 Å². The summed E-state index contributed by atoms with van der Waals surface area (Å²) in [5, 5.41) is 0. The maximum Gasteiger partial charge on any atom is 0.267 e. The van der Waals surface area contributed by atoms with Crippen LogP contribution in [-0.4, -0.2) is 13.2 Å². The summed E-state index contributed by atoms with van der Waals surface area (Å²) in [6.45, 7) is 4.60. The van der Waals surface area contributed by atoms with E-state index in [1.165, 1.54) is 62.8 Å². The van der Waals surface area contributed by atoms with E-state index in [9.17, 15) is 17.6 Å². The monoisotopic (exact) mass is 492 g/mol. The topological polar surface area (TPSA) is 18.5 Å². The van der Waals surface area contributed by atoms with Crippen LogP contribution < -0.4 is 9.47 Å². The Hall–Kier alpha value is -2.24. The molecule has 2 fully saturated rings. The molecule has 4 rings (SSSR count). The third-order valence-corrected chi connectivity index (χ3v) is 8.00. The molecule has 192 valence electrons. The van der Waals surface area contributed by atoms with E-state index in [0.717, 1.165) is 36.7 Å². The molecule has 35 heavy (non-hydrogen) atoms. The van der Waals surface area contributed by atoms with Crippen molar-refractivity contribution in [1.82, 2.24) is 0 Å². The summed E-state index contributed by atoms with van der Waals surface area (Å²) in [5.41, 5.74) is -0.663.